The van der Waals surface area contributed by atoms with Crippen molar-refractivity contribution in [1.82, 2.24) is 14.5 Å². The van der Waals surface area contributed by atoms with Gasteiger partial charge in [-0.05, 0) is 12.1 Å². The lowest BCUT2D eigenvalue weighted by Crippen LogP contribution is -1.90. The summed E-state index contributed by atoms with van der Waals surface area (Å²) in [7, 11) is 1.98. The number of aromatic nitrogens is 3. The Morgan fingerprint density at radius 3 is 2.81 bits per heavy atom. The summed E-state index contributed by atoms with van der Waals surface area (Å²) in [5, 5.41) is 1.15. The van der Waals surface area contributed by atoms with Crippen LogP contribution in [0.5, 0.6) is 0 Å². The van der Waals surface area contributed by atoms with Crippen molar-refractivity contribution in [1.29, 1.82) is 0 Å². The molecule has 3 rings (SSSR count). The maximum Gasteiger partial charge on any atom is 0.0948 e. The summed E-state index contributed by atoms with van der Waals surface area (Å²) in [5.74, 6) is 0. The fourth-order valence-electron chi connectivity index (χ4n) is 1.85. The number of rotatable bonds is 1. The third-order valence-electron chi connectivity index (χ3n) is 2.70. The Kier molecular flexibility index (Phi) is 1.96. The van der Waals surface area contributed by atoms with Crippen LogP contribution in [0.3, 0.4) is 0 Å². The van der Waals surface area contributed by atoms with Crippen LogP contribution in [0.1, 0.15) is 0 Å². The van der Waals surface area contributed by atoms with Gasteiger partial charge in [0.2, 0.25) is 0 Å². The van der Waals surface area contributed by atoms with Crippen LogP contribution in [0.15, 0.2) is 49.1 Å². The van der Waals surface area contributed by atoms with Crippen molar-refractivity contribution in [2.45, 2.75) is 0 Å². The highest BCUT2D eigenvalue weighted by atomic mass is 15.0. The molecule has 0 bridgehead atoms. The Hall–Kier alpha value is -2.16. The molecule has 0 aliphatic carbocycles. The number of aryl methyl sites for hydroxylation is 1. The molecule has 3 aromatic rings. The van der Waals surface area contributed by atoms with Crippen LogP contribution >= 0.6 is 0 Å². The first kappa shape index (κ1) is 9.09. The zero-order valence-corrected chi connectivity index (χ0v) is 8.96. The van der Waals surface area contributed by atoms with E-state index >= 15 is 0 Å². The molecule has 0 saturated heterocycles. The minimum atomic E-state index is 1.02. The highest BCUT2D eigenvalue weighted by Crippen LogP contribution is 2.21. The van der Waals surface area contributed by atoms with E-state index in [2.05, 4.69) is 22.1 Å². The van der Waals surface area contributed by atoms with E-state index in [0.29, 0.717) is 0 Å². The van der Waals surface area contributed by atoms with Crippen molar-refractivity contribution >= 4 is 10.9 Å². The van der Waals surface area contributed by atoms with Crippen LogP contribution < -0.4 is 0 Å². The van der Waals surface area contributed by atoms with Crippen molar-refractivity contribution in [2.75, 3.05) is 0 Å². The maximum absolute atomic E-state index is 4.44. The summed E-state index contributed by atoms with van der Waals surface area (Å²) in [6.07, 6.45) is 5.54. The zero-order chi connectivity index (χ0) is 11.0. The molecule has 0 N–H and O–H groups in total. The van der Waals surface area contributed by atoms with E-state index < -0.39 is 0 Å². The van der Waals surface area contributed by atoms with Crippen molar-refractivity contribution in [3.8, 4) is 11.3 Å². The summed E-state index contributed by atoms with van der Waals surface area (Å²) in [6, 6.07) is 10.3. The smallest absolute Gasteiger partial charge is 0.0948 e. The molecule has 3 heteroatoms. The molecule has 1 aromatic carbocycles. The van der Waals surface area contributed by atoms with Gasteiger partial charge in [-0.15, -0.1) is 0 Å². The lowest BCUT2D eigenvalue weighted by Gasteiger charge is -2.03. The summed E-state index contributed by atoms with van der Waals surface area (Å²) in [6.45, 7) is 0. The number of benzene rings is 1. The summed E-state index contributed by atoms with van der Waals surface area (Å²) < 4.78 is 1.99. The normalized spacial score (nSPS) is 10.8. The number of pyridine rings is 1. The van der Waals surface area contributed by atoms with Crippen LogP contribution in [0, 0.1) is 0 Å². The van der Waals surface area contributed by atoms with E-state index in [-0.39, 0.29) is 0 Å². The predicted octanol–water partition coefficient (Wildman–Crippen LogP) is 2.64. The highest BCUT2D eigenvalue weighted by molar-refractivity contribution is 5.82. The first-order valence-corrected chi connectivity index (χ1v) is 5.16. The molecule has 0 aliphatic heterocycles. The quantitative estimate of drug-likeness (QED) is 0.616. The monoisotopic (exact) mass is 209 g/mol. The van der Waals surface area contributed by atoms with Gasteiger partial charge in [0.15, 0.2) is 0 Å². The average Bonchev–Trinajstić information content (AvgIpc) is 2.75. The van der Waals surface area contributed by atoms with E-state index in [1.165, 1.54) is 0 Å². The molecule has 0 saturated carbocycles. The molecule has 0 radical (unpaired) electrons. The van der Waals surface area contributed by atoms with Gasteiger partial charge in [0, 0.05) is 24.2 Å². The van der Waals surface area contributed by atoms with E-state index in [1.807, 2.05) is 42.2 Å². The minimum Gasteiger partial charge on any atom is -0.334 e. The van der Waals surface area contributed by atoms with Gasteiger partial charge in [-0.3, -0.25) is 4.98 Å². The number of hydrogen-bond donors (Lipinski definition) is 0. The van der Waals surface area contributed by atoms with Gasteiger partial charge in [-0.2, -0.15) is 0 Å². The Bertz CT molecular complexity index is 640. The summed E-state index contributed by atoms with van der Waals surface area (Å²) in [4.78, 5) is 8.55. The molecule has 0 unspecified atom stereocenters. The number of fused-ring (bicyclic) bond motifs is 1. The zero-order valence-electron chi connectivity index (χ0n) is 8.96. The topological polar surface area (TPSA) is 30.7 Å². The number of para-hydroxylation sites is 1. The number of hydrogen-bond acceptors (Lipinski definition) is 2. The largest absolute Gasteiger partial charge is 0.334 e. The van der Waals surface area contributed by atoms with Gasteiger partial charge in [-0.1, -0.05) is 18.2 Å². The van der Waals surface area contributed by atoms with E-state index in [9.17, 15) is 0 Å². The molecule has 2 aromatic heterocycles. The van der Waals surface area contributed by atoms with Gasteiger partial charge < -0.3 is 4.57 Å². The molecule has 0 spiro atoms. The molecular formula is C13H11N3. The molecule has 3 nitrogen and oxygen atoms in total. The molecule has 78 valence electrons. The fraction of sp³-hybridized carbons (Fsp3) is 0.0769. The first-order valence-electron chi connectivity index (χ1n) is 5.16. The van der Waals surface area contributed by atoms with Crippen molar-refractivity contribution in [3.63, 3.8) is 0 Å². The summed E-state index contributed by atoms with van der Waals surface area (Å²) >= 11 is 0. The van der Waals surface area contributed by atoms with E-state index in [0.717, 1.165) is 22.2 Å². The van der Waals surface area contributed by atoms with Crippen LogP contribution in [0.25, 0.3) is 22.2 Å². The molecule has 0 aliphatic rings. The molecule has 0 amide bonds. The van der Waals surface area contributed by atoms with Gasteiger partial charge in [-0.25, -0.2) is 4.98 Å². The second kappa shape index (κ2) is 3.45. The van der Waals surface area contributed by atoms with Gasteiger partial charge in [0.25, 0.3) is 0 Å². The minimum absolute atomic E-state index is 1.02. The molecule has 0 fully saturated rings. The average molecular weight is 209 g/mol. The second-order valence-corrected chi connectivity index (χ2v) is 3.81. The van der Waals surface area contributed by atoms with E-state index in [1.54, 1.807) is 6.33 Å². The number of nitrogens with zero attached hydrogens (tertiary/aromatic N) is 3. The standard InChI is InChI=1S/C13H11N3/c1-16-9-14-8-13(16)11-6-10-4-2-3-5-12(10)15-7-11/h2-9H,1H3. The van der Waals surface area contributed by atoms with Crippen LogP contribution in [0.4, 0.5) is 0 Å². The lowest BCUT2D eigenvalue weighted by atomic mass is 10.1. The predicted molar refractivity (Wildman–Crippen MR) is 63.9 cm³/mol. The van der Waals surface area contributed by atoms with Crippen LogP contribution in [0.2, 0.25) is 0 Å². The Morgan fingerprint density at radius 1 is 1.12 bits per heavy atom. The van der Waals surface area contributed by atoms with Gasteiger partial charge >= 0.3 is 0 Å². The SMILES string of the molecule is Cn1cncc1-c1cnc2ccccc2c1. The van der Waals surface area contributed by atoms with Crippen molar-refractivity contribution in [2.24, 2.45) is 7.05 Å². The van der Waals surface area contributed by atoms with Crippen LogP contribution in [-0.4, -0.2) is 14.5 Å². The Labute approximate surface area is 93.4 Å². The van der Waals surface area contributed by atoms with Gasteiger partial charge in [0.05, 0.1) is 23.7 Å². The van der Waals surface area contributed by atoms with Gasteiger partial charge in [0.1, 0.15) is 0 Å². The van der Waals surface area contributed by atoms with Crippen molar-refractivity contribution in [3.05, 3.63) is 49.1 Å². The van der Waals surface area contributed by atoms with Crippen molar-refractivity contribution < 1.29 is 0 Å². The third kappa shape index (κ3) is 1.37. The molecule has 0 atom stereocenters. The molecular weight excluding hydrogens is 198 g/mol. The lowest BCUT2D eigenvalue weighted by molar-refractivity contribution is 0.921. The number of imidazole rings is 1. The first-order chi connectivity index (χ1) is 7.84. The van der Waals surface area contributed by atoms with Crippen LogP contribution in [-0.2, 0) is 7.05 Å². The molecule has 2 heterocycles. The molecule has 16 heavy (non-hydrogen) atoms. The summed E-state index contributed by atoms with van der Waals surface area (Å²) in [5.41, 5.74) is 3.20. The Morgan fingerprint density at radius 2 is 2.00 bits per heavy atom. The third-order valence-corrected chi connectivity index (χ3v) is 2.70. The highest BCUT2D eigenvalue weighted by Gasteiger charge is 2.03. The van der Waals surface area contributed by atoms with E-state index in [4.69, 9.17) is 0 Å². The Balaban J connectivity index is 2.23. The fourth-order valence-corrected chi connectivity index (χ4v) is 1.85. The maximum atomic E-state index is 4.44. The second-order valence-electron chi connectivity index (χ2n) is 3.81.